The lowest BCUT2D eigenvalue weighted by Gasteiger charge is -2.41. The van der Waals surface area contributed by atoms with Crippen molar-refractivity contribution in [3.63, 3.8) is 0 Å². The number of rotatable bonds is 4. The molecule has 0 spiro atoms. The van der Waals surface area contributed by atoms with Crippen molar-refractivity contribution in [1.29, 1.82) is 0 Å². The van der Waals surface area contributed by atoms with Gasteiger partial charge in [-0.3, -0.25) is 14.5 Å². The van der Waals surface area contributed by atoms with Crippen LogP contribution in [0, 0.1) is 5.92 Å². The minimum Gasteiger partial charge on any atom is -0.477 e. The Morgan fingerprint density at radius 1 is 1.45 bits per heavy atom. The molecule has 0 bridgehead atoms. The molecule has 2 fully saturated rings. The Morgan fingerprint density at radius 3 is 2.75 bits per heavy atom. The number of amides is 1. The third-order valence-electron chi connectivity index (χ3n) is 3.70. The Balaban J connectivity index is 1.80. The maximum absolute atomic E-state index is 11.8. The van der Waals surface area contributed by atoms with Crippen LogP contribution in [0.15, 0.2) is 10.6 Å². The number of carbonyl (C=O) groups excluding carboxylic acids is 2. The van der Waals surface area contributed by atoms with E-state index in [0.717, 1.165) is 0 Å². The van der Waals surface area contributed by atoms with Gasteiger partial charge in [0.15, 0.2) is 0 Å². The predicted octanol–water partition coefficient (Wildman–Crippen LogP) is -0.0981. The summed E-state index contributed by atoms with van der Waals surface area (Å²) in [5.41, 5.74) is -0.0300. The quantitative estimate of drug-likeness (QED) is 0.552. The number of esters is 1. The molecule has 0 aliphatic carbocycles. The average Bonchev–Trinajstić information content (AvgIpc) is 2.93. The van der Waals surface area contributed by atoms with E-state index in [1.807, 2.05) is 0 Å². The summed E-state index contributed by atoms with van der Waals surface area (Å²) in [4.78, 5) is 36.0. The molecule has 0 saturated carbocycles. The summed E-state index contributed by atoms with van der Waals surface area (Å²) < 4.78 is 5.09. The third-order valence-corrected chi connectivity index (χ3v) is 5.13. The Labute approximate surface area is 118 Å². The fourth-order valence-electron chi connectivity index (χ4n) is 2.70. The number of cyclic esters (lactones) is 1. The monoisotopic (exact) mass is 299 g/mol. The highest BCUT2D eigenvalue weighted by atomic mass is 32.2. The van der Waals surface area contributed by atoms with Crippen molar-refractivity contribution in [3.05, 3.63) is 10.6 Å². The lowest BCUT2D eigenvalue weighted by Crippen LogP contribution is -2.58. The van der Waals surface area contributed by atoms with Crippen molar-refractivity contribution in [2.45, 2.75) is 30.7 Å². The van der Waals surface area contributed by atoms with E-state index >= 15 is 0 Å². The van der Waals surface area contributed by atoms with Gasteiger partial charge < -0.3 is 14.9 Å². The molecule has 2 saturated heterocycles. The van der Waals surface area contributed by atoms with E-state index in [2.05, 4.69) is 0 Å². The topological polar surface area (TPSA) is 104 Å². The summed E-state index contributed by atoms with van der Waals surface area (Å²) in [5.74, 6) is -2.34. The van der Waals surface area contributed by atoms with E-state index in [4.69, 9.17) is 9.84 Å². The maximum atomic E-state index is 11.8. The SMILES string of the molecule is O=C1CC[C@H](CC2=C(C(=O)O)N3C(=O)[C@H](CO)[C@H]3S2)O1. The second-order valence-corrected chi connectivity index (χ2v) is 6.15. The molecule has 0 unspecified atom stereocenters. The van der Waals surface area contributed by atoms with Crippen LogP contribution in [0.1, 0.15) is 19.3 Å². The molecule has 20 heavy (non-hydrogen) atoms. The number of thioether (sulfide) groups is 1. The van der Waals surface area contributed by atoms with Gasteiger partial charge in [-0.15, -0.1) is 11.8 Å². The maximum Gasteiger partial charge on any atom is 0.353 e. The van der Waals surface area contributed by atoms with Gasteiger partial charge in [-0.2, -0.15) is 0 Å². The molecule has 3 aliphatic heterocycles. The lowest BCUT2D eigenvalue weighted by molar-refractivity contribution is -0.153. The summed E-state index contributed by atoms with van der Waals surface area (Å²) in [5, 5.41) is 18.1. The summed E-state index contributed by atoms with van der Waals surface area (Å²) in [6.45, 7) is -0.286. The fourth-order valence-corrected chi connectivity index (χ4v) is 4.25. The molecule has 0 aromatic carbocycles. The molecular formula is C12H13NO6S. The minimum absolute atomic E-state index is 0.0300. The van der Waals surface area contributed by atoms with Crippen molar-refractivity contribution < 1.29 is 29.3 Å². The van der Waals surface area contributed by atoms with Crippen LogP contribution in [0.4, 0.5) is 0 Å². The second kappa shape index (κ2) is 4.78. The van der Waals surface area contributed by atoms with E-state index < -0.39 is 11.9 Å². The van der Waals surface area contributed by atoms with Crippen LogP contribution in [-0.4, -0.2) is 51.0 Å². The van der Waals surface area contributed by atoms with Crippen LogP contribution < -0.4 is 0 Å². The van der Waals surface area contributed by atoms with Crippen LogP contribution in [-0.2, 0) is 19.1 Å². The minimum atomic E-state index is -1.16. The van der Waals surface area contributed by atoms with Gasteiger partial charge in [0.1, 0.15) is 17.2 Å². The van der Waals surface area contributed by atoms with Gasteiger partial charge in [-0.25, -0.2) is 4.79 Å². The number of β-lactam (4-membered cyclic amide) rings is 1. The highest BCUT2D eigenvalue weighted by Crippen LogP contribution is 2.50. The van der Waals surface area contributed by atoms with Crippen LogP contribution in [0.25, 0.3) is 0 Å². The zero-order chi connectivity index (χ0) is 14.4. The third kappa shape index (κ3) is 1.90. The number of carboxylic acids is 1. The van der Waals surface area contributed by atoms with E-state index in [-0.39, 0.29) is 35.7 Å². The average molecular weight is 299 g/mol. The summed E-state index contributed by atoms with van der Waals surface area (Å²) in [6.07, 6.45) is 0.908. The summed E-state index contributed by atoms with van der Waals surface area (Å²) in [6, 6.07) is 0. The van der Waals surface area contributed by atoms with Gasteiger partial charge in [-0.05, 0) is 6.42 Å². The van der Waals surface area contributed by atoms with Crippen molar-refractivity contribution in [2.24, 2.45) is 5.92 Å². The van der Waals surface area contributed by atoms with Crippen LogP contribution in [0.3, 0.4) is 0 Å². The number of nitrogens with zero attached hydrogens (tertiary/aromatic N) is 1. The molecule has 108 valence electrons. The zero-order valence-electron chi connectivity index (χ0n) is 10.4. The zero-order valence-corrected chi connectivity index (χ0v) is 11.3. The van der Waals surface area contributed by atoms with Crippen LogP contribution in [0.5, 0.6) is 0 Å². The van der Waals surface area contributed by atoms with Crippen molar-refractivity contribution in [1.82, 2.24) is 4.90 Å². The number of fused-ring (bicyclic) bond motifs is 1. The number of carbonyl (C=O) groups is 3. The molecule has 3 heterocycles. The van der Waals surface area contributed by atoms with Crippen molar-refractivity contribution in [2.75, 3.05) is 6.61 Å². The van der Waals surface area contributed by atoms with Gasteiger partial charge in [0.05, 0.1) is 12.5 Å². The van der Waals surface area contributed by atoms with Gasteiger partial charge in [-0.1, -0.05) is 0 Å². The molecule has 0 aromatic heterocycles. The van der Waals surface area contributed by atoms with Crippen molar-refractivity contribution in [3.8, 4) is 0 Å². The van der Waals surface area contributed by atoms with E-state index in [1.165, 1.54) is 16.7 Å². The van der Waals surface area contributed by atoms with E-state index in [0.29, 0.717) is 24.2 Å². The first-order chi connectivity index (χ1) is 9.52. The first kappa shape index (κ1) is 13.4. The Hall–Kier alpha value is -1.54. The van der Waals surface area contributed by atoms with E-state index in [1.54, 1.807) is 0 Å². The first-order valence-electron chi connectivity index (χ1n) is 6.29. The van der Waals surface area contributed by atoms with E-state index in [9.17, 15) is 19.5 Å². The Kier molecular flexibility index (Phi) is 3.21. The molecule has 1 amide bonds. The van der Waals surface area contributed by atoms with Crippen LogP contribution >= 0.6 is 11.8 Å². The molecule has 7 nitrogen and oxygen atoms in total. The molecule has 8 heteroatoms. The standard InChI is InChI=1S/C12H13NO6S/c14-4-6-10(16)13-9(12(17)18)7(20-11(6)13)3-5-1-2-8(15)19-5/h5-6,11,14H,1-4H2,(H,17,18)/t5-,6+,11-/m1/s1. The number of aliphatic carboxylic acids is 1. The van der Waals surface area contributed by atoms with Gasteiger partial charge >= 0.3 is 11.9 Å². The normalized spacial score (nSPS) is 32.2. The number of aliphatic hydroxyl groups excluding tert-OH is 1. The highest BCUT2D eigenvalue weighted by Gasteiger charge is 2.55. The van der Waals surface area contributed by atoms with Crippen molar-refractivity contribution >= 4 is 29.6 Å². The van der Waals surface area contributed by atoms with Gasteiger partial charge in [0, 0.05) is 17.7 Å². The summed E-state index contributed by atoms with van der Waals surface area (Å²) >= 11 is 1.27. The number of hydrogen-bond acceptors (Lipinski definition) is 6. The summed E-state index contributed by atoms with van der Waals surface area (Å²) in [7, 11) is 0. The van der Waals surface area contributed by atoms with Gasteiger partial charge in [0.25, 0.3) is 0 Å². The Bertz CT molecular complexity index is 530. The molecular weight excluding hydrogens is 286 g/mol. The number of carboxylic acid groups (broad SMARTS) is 1. The largest absolute Gasteiger partial charge is 0.477 e. The molecule has 3 aliphatic rings. The number of hydrogen-bond donors (Lipinski definition) is 2. The number of aliphatic hydroxyl groups is 1. The fraction of sp³-hybridized carbons (Fsp3) is 0.583. The lowest BCUT2D eigenvalue weighted by atomic mass is 9.98. The predicted molar refractivity (Wildman–Crippen MR) is 67.2 cm³/mol. The molecule has 3 atom stereocenters. The highest BCUT2D eigenvalue weighted by molar-refractivity contribution is 8.04. The molecule has 3 rings (SSSR count). The smallest absolute Gasteiger partial charge is 0.353 e. The molecule has 0 radical (unpaired) electrons. The Morgan fingerprint density at radius 2 is 2.20 bits per heavy atom. The first-order valence-corrected chi connectivity index (χ1v) is 7.17. The number of ether oxygens (including phenoxy) is 1. The second-order valence-electron chi connectivity index (χ2n) is 4.94. The van der Waals surface area contributed by atoms with Crippen LogP contribution in [0.2, 0.25) is 0 Å². The molecule has 0 aromatic rings. The van der Waals surface area contributed by atoms with Gasteiger partial charge in [0.2, 0.25) is 5.91 Å². The molecule has 2 N–H and O–H groups in total.